The van der Waals surface area contributed by atoms with Gasteiger partial charge in [0.2, 0.25) is 0 Å². The average Bonchev–Trinajstić information content (AvgIpc) is 2.40. The van der Waals surface area contributed by atoms with E-state index in [0.29, 0.717) is 25.0 Å². The zero-order valence-corrected chi connectivity index (χ0v) is 13.3. The number of carbonyl (C=O) groups is 1. The maximum atomic E-state index is 12.3. The molecule has 1 fully saturated rings. The first-order chi connectivity index (χ1) is 10.1. The van der Waals surface area contributed by atoms with Crippen LogP contribution in [0.4, 0.5) is 5.69 Å². The Balaban J connectivity index is 1.92. The molecule has 116 valence electrons. The molecule has 1 aliphatic rings. The van der Waals surface area contributed by atoms with Gasteiger partial charge in [-0.15, -0.1) is 0 Å². The lowest BCUT2D eigenvalue weighted by molar-refractivity contribution is -0.904. The molecule has 0 aliphatic carbocycles. The molecule has 1 heterocycles. The number of likely N-dealkylation sites (tertiary alicyclic amines) is 1. The zero-order valence-electron chi connectivity index (χ0n) is 13.3. The first-order valence-electron chi connectivity index (χ1n) is 7.93. The molecule has 1 aliphatic heterocycles. The van der Waals surface area contributed by atoms with Crippen LogP contribution in [0.3, 0.4) is 0 Å². The number of hydrogen-bond donors (Lipinski definition) is 2. The van der Waals surface area contributed by atoms with Gasteiger partial charge in [0.1, 0.15) is 5.75 Å². The van der Waals surface area contributed by atoms with E-state index in [0.717, 1.165) is 24.5 Å². The van der Waals surface area contributed by atoms with Crippen molar-refractivity contribution in [2.24, 2.45) is 11.8 Å². The molecule has 0 bridgehead atoms. The number of quaternary nitrogens is 1. The van der Waals surface area contributed by atoms with Crippen molar-refractivity contribution in [1.29, 1.82) is 0 Å². The topological polar surface area (TPSA) is 42.8 Å². The summed E-state index contributed by atoms with van der Waals surface area (Å²) in [6, 6.07) is 7.60. The Labute approximate surface area is 127 Å². The molecule has 2 rings (SSSR count). The van der Waals surface area contributed by atoms with Crippen LogP contribution in [0.25, 0.3) is 0 Å². The van der Waals surface area contributed by atoms with E-state index in [-0.39, 0.29) is 5.91 Å². The summed E-state index contributed by atoms with van der Waals surface area (Å²) in [6.45, 7) is 9.80. The molecule has 4 nitrogen and oxygen atoms in total. The Bertz CT molecular complexity index is 466. The summed E-state index contributed by atoms with van der Waals surface area (Å²) in [7, 11) is 0. The molecule has 21 heavy (non-hydrogen) atoms. The van der Waals surface area contributed by atoms with Crippen molar-refractivity contribution in [3.05, 3.63) is 24.3 Å². The lowest BCUT2D eigenvalue weighted by atomic mass is 9.92. The molecule has 0 spiro atoms. The van der Waals surface area contributed by atoms with Gasteiger partial charge in [0.25, 0.3) is 5.91 Å². The second-order valence-electron chi connectivity index (χ2n) is 6.26. The molecule has 1 aromatic carbocycles. The highest BCUT2D eigenvalue weighted by Crippen LogP contribution is 2.23. The minimum atomic E-state index is 0.0680. The fourth-order valence-corrected chi connectivity index (χ4v) is 3.34. The number of carbonyl (C=O) groups excluding carboxylic acids is 1. The summed E-state index contributed by atoms with van der Waals surface area (Å²) in [5.41, 5.74) is 0.766. The Morgan fingerprint density at radius 3 is 2.62 bits per heavy atom. The summed E-state index contributed by atoms with van der Waals surface area (Å²) in [5.74, 6) is 2.21. The minimum absolute atomic E-state index is 0.0680. The largest absolute Gasteiger partial charge is 0.492 e. The first kappa shape index (κ1) is 15.8. The lowest BCUT2D eigenvalue weighted by Crippen LogP contribution is -3.15. The Hall–Kier alpha value is -1.55. The van der Waals surface area contributed by atoms with Crippen molar-refractivity contribution >= 4 is 11.6 Å². The Morgan fingerprint density at radius 2 is 1.95 bits per heavy atom. The molecule has 1 saturated heterocycles. The highest BCUT2D eigenvalue weighted by Gasteiger charge is 2.26. The number of amides is 1. The van der Waals surface area contributed by atoms with Crippen molar-refractivity contribution in [2.75, 3.05) is 31.6 Å². The Kier molecular flexibility index (Phi) is 5.62. The van der Waals surface area contributed by atoms with Gasteiger partial charge in [-0.3, -0.25) is 4.79 Å². The second kappa shape index (κ2) is 7.46. The van der Waals surface area contributed by atoms with E-state index in [2.05, 4.69) is 19.2 Å². The van der Waals surface area contributed by atoms with Crippen molar-refractivity contribution in [2.45, 2.75) is 27.2 Å². The van der Waals surface area contributed by atoms with Crippen molar-refractivity contribution < 1.29 is 14.4 Å². The Morgan fingerprint density at radius 1 is 1.29 bits per heavy atom. The highest BCUT2D eigenvalue weighted by atomic mass is 16.5. The summed E-state index contributed by atoms with van der Waals surface area (Å²) in [6.07, 6.45) is 1.28. The molecule has 0 saturated carbocycles. The van der Waals surface area contributed by atoms with Crippen LogP contribution in [0.1, 0.15) is 27.2 Å². The quantitative estimate of drug-likeness (QED) is 0.865. The standard InChI is InChI=1S/C17H26N2O2/c1-4-21-16-8-6-5-7-15(16)18-17(20)12-19-10-13(2)9-14(3)11-19/h5-8,13-14H,4,9-12H2,1-3H3,(H,18,20)/p+1/t13-,14-/m0/s1. The van der Waals surface area contributed by atoms with Gasteiger partial charge in [0.05, 0.1) is 25.4 Å². The molecule has 4 heteroatoms. The van der Waals surface area contributed by atoms with Gasteiger partial charge in [-0.05, 0) is 25.5 Å². The van der Waals surface area contributed by atoms with Crippen LogP contribution in [0.2, 0.25) is 0 Å². The molecule has 1 amide bonds. The van der Waals surface area contributed by atoms with Crippen LogP contribution < -0.4 is 15.0 Å². The maximum absolute atomic E-state index is 12.3. The molecular formula is C17H27N2O2+. The summed E-state index contributed by atoms with van der Waals surface area (Å²) >= 11 is 0. The van der Waals surface area contributed by atoms with Gasteiger partial charge in [0.15, 0.2) is 6.54 Å². The third-order valence-corrected chi connectivity index (χ3v) is 3.95. The van der Waals surface area contributed by atoms with E-state index >= 15 is 0 Å². The number of ether oxygens (including phenoxy) is 1. The van der Waals surface area contributed by atoms with Gasteiger partial charge >= 0.3 is 0 Å². The molecule has 0 aromatic heterocycles. The van der Waals surface area contributed by atoms with E-state index in [1.54, 1.807) is 0 Å². The fraction of sp³-hybridized carbons (Fsp3) is 0.588. The molecule has 0 radical (unpaired) electrons. The van der Waals surface area contributed by atoms with E-state index in [1.165, 1.54) is 11.3 Å². The van der Waals surface area contributed by atoms with Crippen LogP contribution in [0.5, 0.6) is 5.75 Å². The SMILES string of the molecule is CCOc1ccccc1NC(=O)C[NH+]1C[C@@H](C)C[C@H](C)C1. The number of anilines is 1. The number of nitrogens with one attached hydrogen (secondary N) is 2. The van der Waals surface area contributed by atoms with Crippen LogP contribution >= 0.6 is 0 Å². The third-order valence-electron chi connectivity index (χ3n) is 3.95. The smallest absolute Gasteiger partial charge is 0.279 e. The predicted molar refractivity (Wildman–Crippen MR) is 84.7 cm³/mol. The predicted octanol–water partition coefficient (Wildman–Crippen LogP) is 1.58. The van der Waals surface area contributed by atoms with Gasteiger partial charge in [0, 0.05) is 11.8 Å². The number of para-hydroxylation sites is 2. The van der Waals surface area contributed by atoms with Gasteiger partial charge in [-0.2, -0.15) is 0 Å². The van der Waals surface area contributed by atoms with Crippen molar-refractivity contribution in [1.82, 2.24) is 0 Å². The monoisotopic (exact) mass is 291 g/mol. The maximum Gasteiger partial charge on any atom is 0.279 e. The van der Waals surface area contributed by atoms with Crippen LogP contribution in [0.15, 0.2) is 24.3 Å². The second-order valence-corrected chi connectivity index (χ2v) is 6.26. The number of piperidine rings is 1. The summed E-state index contributed by atoms with van der Waals surface area (Å²) < 4.78 is 5.54. The summed E-state index contributed by atoms with van der Waals surface area (Å²) in [4.78, 5) is 13.6. The minimum Gasteiger partial charge on any atom is -0.492 e. The van der Waals surface area contributed by atoms with E-state index in [9.17, 15) is 4.79 Å². The van der Waals surface area contributed by atoms with Gasteiger partial charge in [-0.1, -0.05) is 26.0 Å². The van der Waals surface area contributed by atoms with Crippen molar-refractivity contribution in [3.8, 4) is 5.75 Å². The van der Waals surface area contributed by atoms with Crippen molar-refractivity contribution in [3.63, 3.8) is 0 Å². The number of hydrogen-bond acceptors (Lipinski definition) is 2. The fourth-order valence-electron chi connectivity index (χ4n) is 3.34. The van der Waals surface area contributed by atoms with Gasteiger partial charge in [-0.25, -0.2) is 0 Å². The highest BCUT2D eigenvalue weighted by molar-refractivity contribution is 5.92. The lowest BCUT2D eigenvalue weighted by Gasteiger charge is -2.31. The molecule has 2 N–H and O–H groups in total. The van der Waals surface area contributed by atoms with Crippen LogP contribution in [-0.4, -0.2) is 32.1 Å². The average molecular weight is 291 g/mol. The number of benzene rings is 1. The van der Waals surface area contributed by atoms with Crippen LogP contribution in [0, 0.1) is 11.8 Å². The normalized spacial score (nSPS) is 25.4. The van der Waals surface area contributed by atoms with Crippen LogP contribution in [-0.2, 0) is 4.79 Å². The molecule has 1 aromatic rings. The van der Waals surface area contributed by atoms with E-state index in [1.807, 2.05) is 31.2 Å². The molecule has 2 atom stereocenters. The van der Waals surface area contributed by atoms with E-state index < -0.39 is 0 Å². The zero-order chi connectivity index (χ0) is 15.2. The molecular weight excluding hydrogens is 264 g/mol. The van der Waals surface area contributed by atoms with Gasteiger partial charge < -0.3 is 15.0 Å². The third kappa shape index (κ3) is 4.74. The summed E-state index contributed by atoms with van der Waals surface area (Å²) in [5, 5.41) is 2.99. The van der Waals surface area contributed by atoms with E-state index in [4.69, 9.17) is 4.74 Å². The molecule has 0 unspecified atom stereocenters. The number of rotatable bonds is 5. The first-order valence-corrected chi connectivity index (χ1v) is 7.93.